The number of rotatable bonds is 9. The van der Waals surface area contributed by atoms with Crippen LogP contribution in [0.25, 0.3) is 22.3 Å². The summed E-state index contributed by atoms with van der Waals surface area (Å²) >= 11 is 0. The Balaban J connectivity index is 1.63. The SMILES string of the molecule is CN([C@H](c1cc(-c2ccccc2)cc(-c2ccccc2)c1)c1ccccc1P(c1ccccc1)c1ccccc1)[S@](=O)C(C)(C)C. The Kier molecular flexibility index (Phi) is 9.75. The van der Waals surface area contributed by atoms with Gasteiger partial charge in [-0.25, -0.2) is 8.51 Å². The highest BCUT2D eigenvalue weighted by atomic mass is 32.2. The van der Waals surface area contributed by atoms with Gasteiger partial charge in [0.1, 0.15) is 11.0 Å². The quantitative estimate of drug-likeness (QED) is 0.145. The van der Waals surface area contributed by atoms with E-state index in [1.807, 2.05) is 7.05 Å². The molecule has 6 aromatic rings. The molecule has 2 atom stereocenters. The second kappa shape index (κ2) is 14.1. The maximum atomic E-state index is 14.3. The van der Waals surface area contributed by atoms with Gasteiger partial charge in [-0.05, 0) is 96.2 Å². The molecule has 0 aliphatic rings. The predicted octanol–water partition coefficient (Wildman–Crippen LogP) is 9.26. The van der Waals surface area contributed by atoms with Gasteiger partial charge in [-0.15, -0.1) is 0 Å². The van der Waals surface area contributed by atoms with Crippen molar-refractivity contribution in [2.24, 2.45) is 0 Å². The molecule has 0 aliphatic heterocycles. The van der Waals surface area contributed by atoms with Crippen LogP contribution >= 0.6 is 7.92 Å². The van der Waals surface area contributed by atoms with Crippen LogP contribution in [0.3, 0.4) is 0 Å². The molecule has 46 heavy (non-hydrogen) atoms. The van der Waals surface area contributed by atoms with Crippen molar-refractivity contribution >= 4 is 34.8 Å². The molecule has 6 rings (SSSR count). The van der Waals surface area contributed by atoms with Crippen LogP contribution in [0.15, 0.2) is 164 Å². The van der Waals surface area contributed by atoms with E-state index in [2.05, 4.69) is 189 Å². The Labute approximate surface area is 278 Å². The van der Waals surface area contributed by atoms with E-state index in [-0.39, 0.29) is 6.04 Å². The van der Waals surface area contributed by atoms with E-state index in [9.17, 15) is 4.21 Å². The molecule has 0 radical (unpaired) electrons. The molecule has 0 aliphatic carbocycles. The fraction of sp³-hybridized carbons (Fsp3) is 0.143. The summed E-state index contributed by atoms with van der Waals surface area (Å²) < 4.78 is 16.0. The van der Waals surface area contributed by atoms with Crippen LogP contribution in [0.2, 0.25) is 0 Å². The first kappa shape index (κ1) is 31.8. The van der Waals surface area contributed by atoms with E-state index >= 15 is 0 Å². The standard InChI is InChI=1S/C42H40NOPS/c1-42(2,3)46(44)43(4)41(36-30-34(32-19-9-5-10-20-32)29-35(31-36)33-21-11-6-12-22-33)39-27-17-18-28-40(39)45(37-23-13-7-14-24-37)38-25-15-8-16-26-38/h5-31,41H,1-4H3/t41-,46-/m1/s1. The minimum atomic E-state index is -1.29. The number of hydrogen-bond donors (Lipinski definition) is 0. The van der Waals surface area contributed by atoms with E-state index in [0.717, 1.165) is 27.8 Å². The van der Waals surface area contributed by atoms with Crippen molar-refractivity contribution in [3.05, 3.63) is 175 Å². The van der Waals surface area contributed by atoms with Gasteiger partial charge >= 0.3 is 0 Å². The second-order valence-corrected chi connectivity index (χ2v) is 16.9. The van der Waals surface area contributed by atoms with E-state index in [0.29, 0.717) is 0 Å². The lowest BCUT2D eigenvalue weighted by Crippen LogP contribution is -2.39. The van der Waals surface area contributed by atoms with Crippen LogP contribution in [0.5, 0.6) is 0 Å². The van der Waals surface area contributed by atoms with Crippen LogP contribution in [-0.2, 0) is 11.0 Å². The molecular formula is C42H40NOPS. The predicted molar refractivity (Wildman–Crippen MR) is 200 cm³/mol. The smallest absolute Gasteiger partial charge is 0.100 e. The van der Waals surface area contributed by atoms with Gasteiger partial charge in [0.25, 0.3) is 0 Å². The Morgan fingerprint density at radius 2 is 0.957 bits per heavy atom. The van der Waals surface area contributed by atoms with Crippen LogP contribution in [-0.4, -0.2) is 20.3 Å². The van der Waals surface area contributed by atoms with Crippen molar-refractivity contribution in [2.45, 2.75) is 31.6 Å². The summed E-state index contributed by atoms with van der Waals surface area (Å²) in [5, 5.41) is 3.85. The Bertz CT molecular complexity index is 1810. The van der Waals surface area contributed by atoms with Gasteiger partial charge in [0, 0.05) is 7.05 Å². The average Bonchev–Trinajstić information content (AvgIpc) is 3.10. The van der Waals surface area contributed by atoms with E-state index < -0.39 is 23.7 Å². The van der Waals surface area contributed by atoms with Gasteiger partial charge in [0.15, 0.2) is 0 Å². The van der Waals surface area contributed by atoms with Crippen molar-refractivity contribution in [3.63, 3.8) is 0 Å². The zero-order valence-electron chi connectivity index (χ0n) is 26.9. The summed E-state index contributed by atoms with van der Waals surface area (Å²) in [5.41, 5.74) is 6.88. The number of benzene rings is 6. The lowest BCUT2D eigenvalue weighted by molar-refractivity contribution is 0.441. The molecule has 0 aromatic heterocycles. The molecule has 0 N–H and O–H groups in total. The van der Waals surface area contributed by atoms with Crippen LogP contribution in [0.1, 0.15) is 37.9 Å². The van der Waals surface area contributed by atoms with Crippen molar-refractivity contribution in [2.75, 3.05) is 7.05 Å². The van der Waals surface area contributed by atoms with Gasteiger partial charge in [-0.3, -0.25) is 0 Å². The van der Waals surface area contributed by atoms with Gasteiger partial charge in [0.2, 0.25) is 0 Å². The maximum absolute atomic E-state index is 14.3. The lowest BCUT2D eigenvalue weighted by Gasteiger charge is -2.35. The van der Waals surface area contributed by atoms with Crippen LogP contribution < -0.4 is 15.9 Å². The Morgan fingerprint density at radius 3 is 1.41 bits per heavy atom. The highest BCUT2D eigenvalue weighted by Gasteiger charge is 2.34. The molecule has 6 aromatic carbocycles. The average molecular weight is 638 g/mol. The zero-order chi connectivity index (χ0) is 32.1. The first-order valence-corrected chi connectivity index (χ1v) is 18.2. The summed E-state index contributed by atoms with van der Waals surface area (Å²) in [6.07, 6.45) is 0. The Morgan fingerprint density at radius 1 is 0.543 bits per heavy atom. The minimum absolute atomic E-state index is 0.264. The summed E-state index contributed by atoms with van der Waals surface area (Å²) in [6, 6.07) is 58.2. The summed E-state index contributed by atoms with van der Waals surface area (Å²) in [6.45, 7) is 6.16. The van der Waals surface area contributed by atoms with Crippen LogP contribution in [0, 0.1) is 0 Å². The fourth-order valence-corrected chi connectivity index (χ4v) is 9.80. The number of hydrogen-bond acceptors (Lipinski definition) is 1. The molecule has 0 unspecified atom stereocenters. The first-order chi connectivity index (χ1) is 22.3. The molecule has 0 bridgehead atoms. The molecule has 4 heteroatoms. The molecule has 0 heterocycles. The first-order valence-electron chi connectivity index (χ1n) is 15.7. The summed E-state index contributed by atoms with van der Waals surface area (Å²) in [4.78, 5) is 0. The van der Waals surface area contributed by atoms with Gasteiger partial charge in [-0.1, -0.05) is 146 Å². The normalized spacial score (nSPS) is 13.1. The van der Waals surface area contributed by atoms with Crippen molar-refractivity contribution in [3.8, 4) is 22.3 Å². The van der Waals surface area contributed by atoms with Gasteiger partial charge < -0.3 is 0 Å². The van der Waals surface area contributed by atoms with Crippen LogP contribution in [0.4, 0.5) is 0 Å². The molecule has 0 fully saturated rings. The highest BCUT2D eigenvalue weighted by molar-refractivity contribution is 7.84. The molecule has 2 nitrogen and oxygen atoms in total. The second-order valence-electron chi connectivity index (χ2n) is 12.5. The molecular weight excluding hydrogens is 598 g/mol. The zero-order valence-corrected chi connectivity index (χ0v) is 28.6. The monoisotopic (exact) mass is 637 g/mol. The molecule has 0 spiro atoms. The minimum Gasteiger partial charge on any atom is -0.242 e. The van der Waals surface area contributed by atoms with E-state index in [1.54, 1.807) is 0 Å². The highest BCUT2D eigenvalue weighted by Crippen LogP contribution is 2.41. The Hall–Kier alpha value is -4.14. The lowest BCUT2D eigenvalue weighted by atomic mass is 9.91. The van der Waals surface area contributed by atoms with Crippen molar-refractivity contribution < 1.29 is 4.21 Å². The van der Waals surface area contributed by atoms with E-state index in [1.165, 1.54) is 21.5 Å². The van der Waals surface area contributed by atoms with Crippen molar-refractivity contribution in [1.29, 1.82) is 0 Å². The van der Waals surface area contributed by atoms with E-state index in [4.69, 9.17) is 0 Å². The molecule has 0 saturated carbocycles. The molecule has 0 saturated heterocycles. The maximum Gasteiger partial charge on any atom is 0.100 e. The van der Waals surface area contributed by atoms with Gasteiger partial charge in [-0.2, -0.15) is 0 Å². The largest absolute Gasteiger partial charge is 0.242 e. The molecule has 230 valence electrons. The third-order valence-electron chi connectivity index (χ3n) is 8.14. The topological polar surface area (TPSA) is 20.3 Å². The van der Waals surface area contributed by atoms with Crippen molar-refractivity contribution in [1.82, 2.24) is 4.31 Å². The third kappa shape index (κ3) is 6.98. The molecule has 0 amide bonds. The third-order valence-corrected chi connectivity index (χ3v) is 12.4. The fourth-order valence-electron chi connectivity index (χ4n) is 6.02. The van der Waals surface area contributed by atoms with Gasteiger partial charge in [0.05, 0.1) is 10.8 Å². The summed E-state index contributed by atoms with van der Waals surface area (Å²) in [7, 11) is -0.154. The number of nitrogens with zero attached hydrogens (tertiary/aromatic N) is 1. The summed E-state index contributed by atoms with van der Waals surface area (Å²) in [5.74, 6) is 0.